The van der Waals surface area contributed by atoms with Crippen LogP contribution in [0.1, 0.15) is 38.3 Å². The Morgan fingerprint density at radius 1 is 0.958 bits per heavy atom. The van der Waals surface area contributed by atoms with Crippen LogP contribution in [-0.4, -0.2) is 43.7 Å². The molecule has 5 heteroatoms. The van der Waals surface area contributed by atoms with E-state index >= 15 is 0 Å². The molecule has 0 unspecified atom stereocenters. The molecule has 1 aliphatic carbocycles. The lowest BCUT2D eigenvalue weighted by Crippen LogP contribution is -2.24. The molecule has 5 nitrogen and oxygen atoms in total. The molecule has 0 spiro atoms. The van der Waals surface area contributed by atoms with Gasteiger partial charge in [-0.2, -0.15) is 0 Å². The van der Waals surface area contributed by atoms with Gasteiger partial charge >= 0.3 is 0 Å². The van der Waals surface area contributed by atoms with Crippen molar-refractivity contribution in [1.29, 1.82) is 0 Å². The van der Waals surface area contributed by atoms with Crippen molar-refractivity contribution in [3.8, 4) is 0 Å². The second kappa shape index (κ2) is 6.45. The van der Waals surface area contributed by atoms with E-state index in [1.165, 1.54) is 0 Å². The molecular formula is C19H21N3O2. The maximum absolute atomic E-state index is 13.0. The molecule has 0 amide bonds. The fraction of sp³-hybridized carbons (Fsp3) is 0.263. The van der Waals surface area contributed by atoms with E-state index in [4.69, 9.17) is 5.73 Å². The number of hydrogen-bond donors (Lipinski definition) is 2. The molecule has 0 radical (unpaired) electrons. The molecule has 0 saturated carbocycles. The highest BCUT2D eigenvalue weighted by Crippen LogP contribution is 2.34. The molecule has 0 saturated heterocycles. The monoisotopic (exact) mass is 323 g/mol. The molecule has 0 bridgehead atoms. The zero-order chi connectivity index (χ0) is 17.3. The Labute approximate surface area is 141 Å². The summed E-state index contributed by atoms with van der Waals surface area (Å²) in [6, 6.07) is 10.4. The molecule has 1 aliphatic rings. The number of fused-ring (bicyclic) bond motifs is 2. The lowest BCUT2D eigenvalue weighted by Gasteiger charge is -2.22. The zero-order valence-electron chi connectivity index (χ0n) is 13.9. The van der Waals surface area contributed by atoms with Crippen LogP contribution >= 0.6 is 0 Å². The summed E-state index contributed by atoms with van der Waals surface area (Å²) in [5.74, 6) is -0.336. The van der Waals surface area contributed by atoms with Gasteiger partial charge in [-0.05, 0) is 39.2 Å². The van der Waals surface area contributed by atoms with E-state index in [0.29, 0.717) is 33.6 Å². The Kier molecular flexibility index (Phi) is 4.36. The van der Waals surface area contributed by atoms with Crippen LogP contribution in [0.5, 0.6) is 0 Å². The number of rotatable bonds is 5. The van der Waals surface area contributed by atoms with E-state index in [0.717, 1.165) is 19.5 Å². The van der Waals surface area contributed by atoms with Gasteiger partial charge < -0.3 is 16.0 Å². The highest BCUT2D eigenvalue weighted by Gasteiger charge is 2.32. The van der Waals surface area contributed by atoms with Crippen LogP contribution in [0.15, 0.2) is 36.4 Å². The van der Waals surface area contributed by atoms with Crippen molar-refractivity contribution >= 4 is 22.9 Å². The van der Waals surface area contributed by atoms with Crippen molar-refractivity contribution in [3.05, 3.63) is 58.7 Å². The summed E-state index contributed by atoms with van der Waals surface area (Å²) in [5.41, 5.74) is 8.57. The van der Waals surface area contributed by atoms with Crippen molar-refractivity contribution in [2.75, 3.05) is 38.2 Å². The molecule has 124 valence electrons. The van der Waals surface area contributed by atoms with Crippen molar-refractivity contribution in [2.45, 2.75) is 6.42 Å². The summed E-state index contributed by atoms with van der Waals surface area (Å²) in [5, 5.41) is 3.29. The van der Waals surface area contributed by atoms with Crippen LogP contribution in [0.4, 0.5) is 11.4 Å². The molecule has 0 fully saturated rings. The minimum atomic E-state index is -0.187. The maximum Gasteiger partial charge on any atom is 0.198 e. The average molecular weight is 323 g/mol. The number of carbonyl (C=O) groups excluding carboxylic acids is 2. The van der Waals surface area contributed by atoms with Crippen molar-refractivity contribution in [2.24, 2.45) is 0 Å². The van der Waals surface area contributed by atoms with Crippen LogP contribution in [0.2, 0.25) is 0 Å². The Balaban J connectivity index is 1.96. The molecule has 24 heavy (non-hydrogen) atoms. The van der Waals surface area contributed by atoms with Crippen LogP contribution in [-0.2, 0) is 0 Å². The van der Waals surface area contributed by atoms with Gasteiger partial charge in [-0.1, -0.05) is 24.3 Å². The molecular weight excluding hydrogens is 302 g/mol. The van der Waals surface area contributed by atoms with Crippen LogP contribution in [0.3, 0.4) is 0 Å². The largest absolute Gasteiger partial charge is 0.398 e. The lowest BCUT2D eigenvalue weighted by molar-refractivity contribution is 0.0980. The minimum absolute atomic E-state index is 0.149. The fourth-order valence-electron chi connectivity index (χ4n) is 3.03. The normalized spacial score (nSPS) is 13.0. The van der Waals surface area contributed by atoms with Gasteiger partial charge in [-0.15, -0.1) is 0 Å². The molecule has 2 aromatic carbocycles. The standard InChI is InChI=1S/C19H21N3O2/c1-22(2)11-5-10-21-15-9-4-7-13-17(15)19(24)16-12(18(13)23)6-3-8-14(16)20/h3-4,6-9,21H,5,10-11,20H2,1-2H3. The first kappa shape index (κ1) is 16.2. The Hall–Kier alpha value is -2.66. The van der Waals surface area contributed by atoms with E-state index in [1.807, 2.05) is 20.2 Å². The van der Waals surface area contributed by atoms with E-state index in [2.05, 4.69) is 10.2 Å². The fourth-order valence-corrected chi connectivity index (χ4v) is 3.03. The van der Waals surface area contributed by atoms with E-state index in [9.17, 15) is 9.59 Å². The Morgan fingerprint density at radius 3 is 2.33 bits per heavy atom. The minimum Gasteiger partial charge on any atom is -0.398 e. The van der Waals surface area contributed by atoms with E-state index in [1.54, 1.807) is 30.3 Å². The number of benzene rings is 2. The van der Waals surface area contributed by atoms with Crippen LogP contribution in [0, 0.1) is 0 Å². The molecule has 0 atom stereocenters. The van der Waals surface area contributed by atoms with Crippen LogP contribution < -0.4 is 11.1 Å². The first-order valence-corrected chi connectivity index (χ1v) is 8.00. The number of nitrogens with two attached hydrogens (primary N) is 1. The van der Waals surface area contributed by atoms with Gasteiger partial charge in [0.25, 0.3) is 0 Å². The smallest absolute Gasteiger partial charge is 0.198 e. The molecule has 0 aliphatic heterocycles. The number of nitrogens with zero attached hydrogens (tertiary/aromatic N) is 1. The summed E-state index contributed by atoms with van der Waals surface area (Å²) in [6.45, 7) is 1.68. The lowest BCUT2D eigenvalue weighted by atomic mass is 9.82. The van der Waals surface area contributed by atoms with Gasteiger partial charge in [0.2, 0.25) is 0 Å². The predicted molar refractivity (Wildman–Crippen MR) is 95.8 cm³/mol. The first-order chi connectivity index (χ1) is 11.5. The Bertz CT molecular complexity index is 812. The number of carbonyl (C=O) groups is 2. The SMILES string of the molecule is CN(C)CCCNc1cccc2c1C(=O)c1c(N)cccc1C2=O. The van der Waals surface area contributed by atoms with Crippen molar-refractivity contribution < 1.29 is 9.59 Å². The molecule has 0 aromatic heterocycles. The number of nitrogen functional groups attached to an aromatic ring is 1. The van der Waals surface area contributed by atoms with Gasteiger partial charge in [0, 0.05) is 29.0 Å². The van der Waals surface area contributed by atoms with Gasteiger partial charge in [0.05, 0.1) is 11.1 Å². The van der Waals surface area contributed by atoms with E-state index < -0.39 is 0 Å². The van der Waals surface area contributed by atoms with Crippen LogP contribution in [0.25, 0.3) is 0 Å². The highest BCUT2D eigenvalue weighted by molar-refractivity contribution is 6.31. The highest BCUT2D eigenvalue weighted by atomic mass is 16.1. The topological polar surface area (TPSA) is 75.4 Å². The predicted octanol–water partition coefficient (Wildman–Crippen LogP) is 2.41. The maximum atomic E-state index is 13.0. The molecule has 3 rings (SSSR count). The van der Waals surface area contributed by atoms with Gasteiger partial charge in [-0.3, -0.25) is 9.59 Å². The molecule has 0 heterocycles. The van der Waals surface area contributed by atoms with Crippen molar-refractivity contribution in [1.82, 2.24) is 4.90 Å². The summed E-state index contributed by atoms with van der Waals surface area (Å²) in [4.78, 5) is 27.8. The third-order valence-electron chi connectivity index (χ3n) is 4.20. The Morgan fingerprint density at radius 2 is 1.62 bits per heavy atom. The second-order valence-electron chi connectivity index (χ2n) is 6.24. The number of hydrogen-bond acceptors (Lipinski definition) is 5. The average Bonchev–Trinajstić information content (AvgIpc) is 2.56. The summed E-state index contributed by atoms with van der Waals surface area (Å²) in [7, 11) is 4.04. The number of nitrogens with one attached hydrogen (secondary N) is 1. The second-order valence-corrected chi connectivity index (χ2v) is 6.24. The van der Waals surface area contributed by atoms with Crippen molar-refractivity contribution in [3.63, 3.8) is 0 Å². The number of anilines is 2. The summed E-state index contributed by atoms with van der Waals surface area (Å²) >= 11 is 0. The van der Waals surface area contributed by atoms with Gasteiger partial charge in [0.15, 0.2) is 11.6 Å². The van der Waals surface area contributed by atoms with E-state index in [-0.39, 0.29) is 11.6 Å². The number of ketones is 2. The van der Waals surface area contributed by atoms with Gasteiger partial charge in [-0.25, -0.2) is 0 Å². The summed E-state index contributed by atoms with van der Waals surface area (Å²) in [6.07, 6.45) is 0.942. The third-order valence-corrected chi connectivity index (χ3v) is 4.20. The summed E-state index contributed by atoms with van der Waals surface area (Å²) < 4.78 is 0. The first-order valence-electron chi connectivity index (χ1n) is 8.00. The zero-order valence-corrected chi connectivity index (χ0v) is 13.9. The molecule has 2 aromatic rings. The third kappa shape index (κ3) is 2.78. The quantitative estimate of drug-likeness (QED) is 0.557. The molecule has 3 N–H and O–H groups in total. The van der Waals surface area contributed by atoms with Gasteiger partial charge in [0.1, 0.15) is 0 Å².